The third-order valence-corrected chi connectivity index (χ3v) is 2.57. The van der Waals surface area contributed by atoms with Crippen molar-refractivity contribution in [2.75, 3.05) is 0 Å². The van der Waals surface area contributed by atoms with Crippen molar-refractivity contribution in [3.8, 4) is 11.3 Å². The highest BCUT2D eigenvalue weighted by Gasteiger charge is 2.15. The van der Waals surface area contributed by atoms with Gasteiger partial charge in [0.1, 0.15) is 5.69 Å². The lowest BCUT2D eigenvalue weighted by atomic mass is 10.2. The van der Waals surface area contributed by atoms with Crippen molar-refractivity contribution in [1.29, 1.82) is 0 Å². The standard InChI is InChI=1S/C9H6F2N2OS/c10-9(11)13-7(4-14)3-8(12-13)6-1-2-15-5-6/h1-5,9H. The van der Waals surface area contributed by atoms with Crippen molar-refractivity contribution in [2.24, 2.45) is 0 Å². The number of nitrogens with zero attached hydrogens (tertiary/aromatic N) is 2. The lowest BCUT2D eigenvalue weighted by Crippen LogP contribution is -2.04. The van der Waals surface area contributed by atoms with E-state index in [1.807, 2.05) is 5.38 Å². The summed E-state index contributed by atoms with van der Waals surface area (Å²) < 4.78 is 25.2. The van der Waals surface area contributed by atoms with Crippen LogP contribution < -0.4 is 0 Å². The number of carbonyl (C=O) groups excluding carboxylic acids is 1. The fourth-order valence-electron chi connectivity index (χ4n) is 1.20. The average molecular weight is 228 g/mol. The summed E-state index contributed by atoms with van der Waals surface area (Å²) >= 11 is 1.44. The summed E-state index contributed by atoms with van der Waals surface area (Å²) in [6.07, 6.45) is 0.370. The molecule has 0 unspecified atom stereocenters. The number of halogens is 2. The second-order valence-corrected chi connectivity index (χ2v) is 3.59. The summed E-state index contributed by atoms with van der Waals surface area (Å²) in [5.74, 6) is 0. The van der Waals surface area contributed by atoms with Crippen molar-refractivity contribution in [3.63, 3.8) is 0 Å². The maximum absolute atomic E-state index is 12.4. The van der Waals surface area contributed by atoms with Crippen LogP contribution in [0.1, 0.15) is 17.0 Å². The first-order valence-electron chi connectivity index (χ1n) is 4.08. The largest absolute Gasteiger partial charge is 0.333 e. The average Bonchev–Trinajstić information content (AvgIpc) is 2.86. The van der Waals surface area contributed by atoms with Crippen LogP contribution in [0.3, 0.4) is 0 Å². The molecule has 0 atom stereocenters. The van der Waals surface area contributed by atoms with Crippen molar-refractivity contribution >= 4 is 17.6 Å². The topological polar surface area (TPSA) is 34.9 Å². The maximum atomic E-state index is 12.4. The van der Waals surface area contributed by atoms with Gasteiger partial charge in [-0.05, 0) is 17.5 Å². The van der Waals surface area contributed by atoms with Gasteiger partial charge < -0.3 is 0 Å². The second kappa shape index (κ2) is 3.90. The van der Waals surface area contributed by atoms with E-state index in [1.54, 1.807) is 11.4 Å². The molecule has 15 heavy (non-hydrogen) atoms. The van der Waals surface area contributed by atoms with Gasteiger partial charge in [0.05, 0.1) is 5.69 Å². The van der Waals surface area contributed by atoms with Crippen LogP contribution in [-0.2, 0) is 0 Å². The molecule has 78 valence electrons. The zero-order chi connectivity index (χ0) is 10.8. The smallest absolute Gasteiger partial charge is 0.296 e. The Balaban J connectivity index is 2.48. The maximum Gasteiger partial charge on any atom is 0.333 e. The van der Waals surface area contributed by atoms with Gasteiger partial charge in [0.15, 0.2) is 6.29 Å². The number of rotatable bonds is 3. The Morgan fingerprint density at radius 2 is 2.33 bits per heavy atom. The highest BCUT2D eigenvalue weighted by atomic mass is 32.1. The molecule has 2 rings (SSSR count). The Kier molecular flexibility index (Phi) is 2.59. The van der Waals surface area contributed by atoms with E-state index in [-0.39, 0.29) is 5.69 Å². The lowest BCUT2D eigenvalue weighted by Gasteiger charge is -1.98. The number of hydrogen-bond donors (Lipinski definition) is 0. The number of thiophene rings is 1. The Hall–Kier alpha value is -1.56. The highest BCUT2D eigenvalue weighted by molar-refractivity contribution is 7.08. The molecule has 0 amide bonds. The van der Waals surface area contributed by atoms with Gasteiger partial charge in [0.25, 0.3) is 0 Å². The molecule has 0 radical (unpaired) electrons. The summed E-state index contributed by atoms with van der Waals surface area (Å²) in [4.78, 5) is 10.5. The van der Waals surface area contributed by atoms with E-state index in [2.05, 4.69) is 5.10 Å². The second-order valence-electron chi connectivity index (χ2n) is 2.81. The molecular weight excluding hydrogens is 222 g/mol. The monoisotopic (exact) mass is 228 g/mol. The molecule has 0 saturated carbocycles. The molecule has 0 spiro atoms. The van der Waals surface area contributed by atoms with E-state index >= 15 is 0 Å². The van der Waals surface area contributed by atoms with E-state index in [0.29, 0.717) is 16.7 Å². The predicted molar refractivity (Wildman–Crippen MR) is 52.2 cm³/mol. The van der Waals surface area contributed by atoms with Gasteiger partial charge in [-0.2, -0.15) is 25.2 Å². The minimum absolute atomic E-state index is 0.119. The van der Waals surface area contributed by atoms with E-state index in [1.165, 1.54) is 17.4 Å². The van der Waals surface area contributed by atoms with E-state index in [4.69, 9.17) is 0 Å². The van der Waals surface area contributed by atoms with Crippen LogP contribution in [-0.4, -0.2) is 16.1 Å². The summed E-state index contributed by atoms with van der Waals surface area (Å²) in [7, 11) is 0. The van der Waals surface area contributed by atoms with Crippen LogP contribution in [0.4, 0.5) is 8.78 Å². The number of hydrogen-bond acceptors (Lipinski definition) is 3. The number of aromatic nitrogens is 2. The van der Waals surface area contributed by atoms with Crippen LogP contribution in [0.5, 0.6) is 0 Å². The van der Waals surface area contributed by atoms with Crippen LogP contribution in [0.25, 0.3) is 11.3 Å². The minimum atomic E-state index is -2.79. The lowest BCUT2D eigenvalue weighted by molar-refractivity contribution is 0.0535. The van der Waals surface area contributed by atoms with Gasteiger partial charge in [-0.3, -0.25) is 4.79 Å². The molecule has 0 bridgehead atoms. The van der Waals surface area contributed by atoms with E-state index < -0.39 is 6.55 Å². The summed E-state index contributed by atoms with van der Waals surface area (Å²) in [6, 6.07) is 3.11. The van der Waals surface area contributed by atoms with Gasteiger partial charge in [0, 0.05) is 10.9 Å². The molecule has 0 fully saturated rings. The number of alkyl halides is 2. The van der Waals surface area contributed by atoms with Crippen LogP contribution in [0, 0.1) is 0 Å². The molecule has 0 saturated heterocycles. The molecular formula is C9H6F2N2OS. The quantitative estimate of drug-likeness (QED) is 0.757. The molecule has 0 aliphatic heterocycles. The van der Waals surface area contributed by atoms with Gasteiger partial charge in [0.2, 0.25) is 0 Å². The molecule has 2 aromatic heterocycles. The summed E-state index contributed by atoms with van der Waals surface area (Å²) in [6.45, 7) is -2.79. The van der Waals surface area contributed by atoms with Crippen molar-refractivity contribution in [1.82, 2.24) is 9.78 Å². The van der Waals surface area contributed by atoms with Gasteiger partial charge in [-0.25, -0.2) is 4.68 Å². The number of aldehydes is 1. The third kappa shape index (κ3) is 1.80. The first kappa shape index (κ1) is 9.97. The zero-order valence-corrected chi connectivity index (χ0v) is 8.25. The van der Waals surface area contributed by atoms with Crippen molar-refractivity contribution in [3.05, 3.63) is 28.6 Å². The van der Waals surface area contributed by atoms with Crippen LogP contribution >= 0.6 is 11.3 Å². The summed E-state index contributed by atoms with van der Waals surface area (Å²) in [5, 5.41) is 7.27. The van der Waals surface area contributed by atoms with Crippen molar-refractivity contribution in [2.45, 2.75) is 6.55 Å². The SMILES string of the molecule is O=Cc1cc(-c2ccsc2)nn1C(F)F. The highest BCUT2D eigenvalue weighted by Crippen LogP contribution is 2.23. The molecule has 2 heterocycles. The fraction of sp³-hybridized carbons (Fsp3) is 0.111. The van der Waals surface area contributed by atoms with E-state index in [9.17, 15) is 13.6 Å². The molecule has 2 aromatic rings. The normalized spacial score (nSPS) is 10.9. The molecule has 0 aliphatic carbocycles. The Bertz CT molecular complexity index is 464. The predicted octanol–water partition coefficient (Wildman–Crippen LogP) is 2.82. The fourth-order valence-corrected chi connectivity index (χ4v) is 1.85. The number of carbonyl (C=O) groups is 1. The minimum Gasteiger partial charge on any atom is -0.296 e. The molecule has 6 heteroatoms. The zero-order valence-electron chi connectivity index (χ0n) is 7.43. The first-order valence-corrected chi connectivity index (χ1v) is 5.02. The van der Waals surface area contributed by atoms with Crippen LogP contribution in [0.2, 0.25) is 0 Å². The molecule has 0 aromatic carbocycles. The first-order chi connectivity index (χ1) is 7.22. The Labute approximate surface area is 88.0 Å². The van der Waals surface area contributed by atoms with Gasteiger partial charge in [-0.15, -0.1) is 0 Å². The van der Waals surface area contributed by atoms with Crippen molar-refractivity contribution < 1.29 is 13.6 Å². The Morgan fingerprint density at radius 3 is 2.80 bits per heavy atom. The Morgan fingerprint density at radius 1 is 1.53 bits per heavy atom. The molecule has 0 aliphatic rings. The van der Waals surface area contributed by atoms with Crippen LogP contribution in [0.15, 0.2) is 22.9 Å². The van der Waals surface area contributed by atoms with E-state index in [0.717, 1.165) is 5.56 Å². The third-order valence-electron chi connectivity index (χ3n) is 1.89. The summed E-state index contributed by atoms with van der Waals surface area (Å²) in [5.41, 5.74) is 1.01. The molecule has 0 N–H and O–H groups in total. The van der Waals surface area contributed by atoms with Gasteiger partial charge >= 0.3 is 6.55 Å². The van der Waals surface area contributed by atoms with Gasteiger partial charge in [-0.1, -0.05) is 0 Å². The molecule has 3 nitrogen and oxygen atoms in total.